The fourth-order valence-corrected chi connectivity index (χ4v) is 15.5. The molecule has 708 valence electrons. The highest BCUT2D eigenvalue weighted by Gasteiger charge is 2.64. The predicted molar refractivity (Wildman–Crippen MR) is 364 cm³/mol. The van der Waals surface area contributed by atoms with Crippen LogP contribution in [0.3, 0.4) is 0 Å². The second-order valence-corrected chi connectivity index (χ2v) is 30.7. The van der Waals surface area contributed by atoms with E-state index in [1.807, 2.05) is 0 Å². The van der Waals surface area contributed by atoms with Gasteiger partial charge in [0.25, 0.3) is 11.6 Å². The molecular formula is C66H109NO55. The Hall–Kier alpha value is -3.59. The quantitative estimate of drug-likeness (QED) is 0.0290. The highest BCUT2D eigenvalue weighted by atomic mass is 16.8. The smallest absolute Gasteiger partial charge is 0.364 e. The van der Waals surface area contributed by atoms with Gasteiger partial charge in [-0.15, -0.1) is 0 Å². The van der Waals surface area contributed by atoms with Crippen molar-refractivity contribution in [2.75, 3.05) is 66.1 Å². The van der Waals surface area contributed by atoms with Gasteiger partial charge in [-0.1, -0.05) is 0 Å². The molecule has 10 rings (SSSR count). The van der Waals surface area contributed by atoms with Gasteiger partial charge in [-0.2, -0.15) is 0 Å². The fourth-order valence-electron chi connectivity index (χ4n) is 15.5. The molecular weight excluding hydrogens is 1690 g/mol. The van der Waals surface area contributed by atoms with E-state index in [1.54, 1.807) is 0 Å². The summed E-state index contributed by atoms with van der Waals surface area (Å²) in [6.45, 7) is -11.6. The van der Waals surface area contributed by atoms with Crippen molar-refractivity contribution < 1.29 is 273 Å². The van der Waals surface area contributed by atoms with Gasteiger partial charge in [-0.05, 0) is 0 Å². The number of hydrogen-bond acceptors (Lipinski definition) is 53. The van der Waals surface area contributed by atoms with E-state index in [1.165, 1.54) is 0 Å². The Kier molecular flexibility index (Phi) is 35.1. The summed E-state index contributed by atoms with van der Waals surface area (Å²) in [6, 6.07) is -1.92. The zero-order valence-electron chi connectivity index (χ0n) is 63.9. The van der Waals surface area contributed by atoms with Crippen molar-refractivity contribution in [3.8, 4) is 0 Å². The standard InChI is InChI=1S/C66H109NO55/c1-14(76)67-27-34(87)29(82)19(5-69)106-55(27)119-54-38(91)33(86)23(9-73)110-62(54)117-51-26(13-104-61-53(37(90)32(85)22(8-72)109-61)120-59-44(97)40(93)50(25(11-75)112-59)116-58-43(96)39(92)49(24(10-74)111-58)115-56-41(94)35(88)30(83)20(6-70)107-56)113-60(45(98)52(51)118-57-42(95)36(89)31(84)21(7-71)108-57)114-47-16(78)2-65(103,63(99)100)121-48(47)18(80)12-105-66(64(101)102)3-15(77)28(81)46(122-66)17(79)4-68/h15-62,68-75,77-98,103H,2-13H2,1H3,(H,67,76)(H,99,100)(H,101,102)/t15-,16-,17-,18-,19-,20-,21-,22-,23-,24-,25-,26-,27-,28-,29-,30+,31-,32-,33-,34-,35+,36+,37+,38+,39-,40-,41-,42-,43-,44-,45-,46-,47-,48-,49+,50-,51-,52-,53-,54-,55-,56-,57+,58+,59-,60-,61-,62+,65-,66-/m1/s1. The number of nitrogens with one attached hydrogen (secondary N) is 1. The molecule has 34 N–H and O–H groups in total. The van der Waals surface area contributed by atoms with Crippen LogP contribution in [0.15, 0.2) is 0 Å². The van der Waals surface area contributed by atoms with Crippen LogP contribution < -0.4 is 5.32 Å². The van der Waals surface area contributed by atoms with E-state index in [0.29, 0.717) is 0 Å². The largest absolute Gasteiger partial charge is 0.477 e. The molecule has 122 heavy (non-hydrogen) atoms. The van der Waals surface area contributed by atoms with Gasteiger partial charge in [0.1, 0.15) is 232 Å². The molecule has 10 aliphatic heterocycles. The van der Waals surface area contributed by atoms with Crippen molar-refractivity contribution in [2.24, 2.45) is 0 Å². The van der Waals surface area contributed by atoms with E-state index in [4.69, 9.17) is 90.0 Å². The first-order valence-corrected chi connectivity index (χ1v) is 38.3. The van der Waals surface area contributed by atoms with E-state index in [2.05, 4.69) is 5.32 Å². The van der Waals surface area contributed by atoms with Crippen LogP contribution in [0, 0.1) is 0 Å². The van der Waals surface area contributed by atoms with Gasteiger partial charge in [0.05, 0.1) is 78.3 Å². The number of rotatable bonds is 33. The van der Waals surface area contributed by atoms with E-state index in [9.17, 15) is 183 Å². The molecule has 0 saturated carbocycles. The van der Waals surface area contributed by atoms with E-state index < -0.39 is 403 Å². The number of aliphatic carboxylic acids is 2. The molecule has 0 aromatic rings. The van der Waals surface area contributed by atoms with Crippen LogP contribution in [0.1, 0.15) is 19.8 Å². The Morgan fingerprint density at radius 2 is 0.705 bits per heavy atom. The van der Waals surface area contributed by atoms with Crippen molar-refractivity contribution in [3.05, 3.63) is 0 Å². The molecule has 0 bridgehead atoms. The molecule has 56 heteroatoms. The van der Waals surface area contributed by atoms with Crippen molar-refractivity contribution in [1.29, 1.82) is 0 Å². The predicted octanol–water partition coefficient (Wildman–Crippen LogP) is -23.0. The lowest BCUT2D eigenvalue weighted by molar-refractivity contribution is -0.412. The normalized spacial score (nSPS) is 50.4. The zero-order valence-corrected chi connectivity index (χ0v) is 63.9. The zero-order chi connectivity index (χ0) is 90.1. The minimum Gasteiger partial charge on any atom is -0.477 e. The average molecular weight is 1800 g/mol. The van der Waals surface area contributed by atoms with Crippen molar-refractivity contribution >= 4 is 17.8 Å². The third-order valence-electron chi connectivity index (χ3n) is 22.5. The Bertz CT molecular complexity index is 3280. The average Bonchev–Trinajstić information content (AvgIpc) is 0.755. The molecule has 10 heterocycles. The minimum absolute atomic E-state index is 0.912. The summed E-state index contributed by atoms with van der Waals surface area (Å²) in [4.78, 5) is 38.4. The summed E-state index contributed by atoms with van der Waals surface area (Å²) < 4.78 is 111. The van der Waals surface area contributed by atoms with Crippen LogP contribution in [0.5, 0.6) is 0 Å². The lowest BCUT2D eigenvalue weighted by atomic mass is 9.91. The lowest BCUT2D eigenvalue weighted by Gasteiger charge is -2.52. The molecule has 0 radical (unpaired) electrons. The van der Waals surface area contributed by atoms with Crippen LogP contribution in [0.2, 0.25) is 0 Å². The third kappa shape index (κ3) is 21.0. The number of carboxylic acids is 2. The highest BCUT2D eigenvalue weighted by Crippen LogP contribution is 2.43. The molecule has 10 aliphatic rings. The second-order valence-electron chi connectivity index (χ2n) is 30.7. The van der Waals surface area contributed by atoms with Crippen LogP contribution in [-0.4, -0.2) is 558 Å². The van der Waals surface area contributed by atoms with Gasteiger partial charge in [0.15, 0.2) is 50.3 Å². The first-order chi connectivity index (χ1) is 57.5. The van der Waals surface area contributed by atoms with Crippen LogP contribution in [0.25, 0.3) is 0 Å². The maximum Gasteiger partial charge on any atom is 0.364 e. The van der Waals surface area contributed by atoms with Gasteiger partial charge >= 0.3 is 11.9 Å². The highest BCUT2D eigenvalue weighted by molar-refractivity contribution is 5.76. The van der Waals surface area contributed by atoms with E-state index in [0.717, 1.165) is 6.92 Å². The topological polar surface area (TPSA) is 906 Å². The number of carbonyl (C=O) groups excluding carboxylic acids is 1. The first kappa shape index (κ1) is 101. The lowest BCUT2D eigenvalue weighted by Crippen LogP contribution is -2.70. The number of aliphatic hydroxyl groups excluding tert-OH is 30. The Labute approximate surface area is 686 Å². The number of aliphatic hydroxyl groups is 31. The van der Waals surface area contributed by atoms with Crippen molar-refractivity contribution in [2.45, 2.75) is 326 Å². The molecule has 56 nitrogen and oxygen atoms in total. The molecule has 0 aromatic carbocycles. The second kappa shape index (κ2) is 42.5. The van der Waals surface area contributed by atoms with E-state index >= 15 is 0 Å². The van der Waals surface area contributed by atoms with Gasteiger partial charge in [-0.25, -0.2) is 9.59 Å². The molecule has 0 spiro atoms. The summed E-state index contributed by atoms with van der Waals surface area (Å²) in [5.41, 5.74) is 0. The molecule has 0 unspecified atom stereocenters. The molecule has 0 aromatic heterocycles. The molecule has 10 saturated heterocycles. The maximum atomic E-state index is 13.0. The molecule has 10 fully saturated rings. The monoisotopic (exact) mass is 1800 g/mol. The summed E-state index contributed by atoms with van der Waals surface area (Å²) in [7, 11) is 0. The summed E-state index contributed by atoms with van der Waals surface area (Å²) in [6.07, 6.45) is -110. The van der Waals surface area contributed by atoms with Gasteiger partial charge < -0.3 is 264 Å². The summed E-state index contributed by atoms with van der Waals surface area (Å²) in [5.74, 6) is -12.3. The number of carboxylic acid groups (broad SMARTS) is 2. The Morgan fingerprint density at radius 1 is 0.344 bits per heavy atom. The Balaban J connectivity index is 1.02. The van der Waals surface area contributed by atoms with Gasteiger partial charge in [-0.3, -0.25) is 4.79 Å². The summed E-state index contributed by atoms with van der Waals surface area (Å²) in [5, 5.41) is 366. The summed E-state index contributed by atoms with van der Waals surface area (Å²) >= 11 is 0. The molecule has 1 amide bonds. The molecule has 0 aliphatic carbocycles. The number of carbonyl (C=O) groups is 3. The van der Waals surface area contributed by atoms with Crippen molar-refractivity contribution in [3.63, 3.8) is 0 Å². The maximum absolute atomic E-state index is 13.0. The number of ether oxygens (including phenoxy) is 19. The number of hydrogen-bond donors (Lipinski definition) is 34. The van der Waals surface area contributed by atoms with Gasteiger partial charge in [0, 0.05) is 19.8 Å². The minimum atomic E-state index is -3.61. The van der Waals surface area contributed by atoms with Gasteiger partial charge in [0.2, 0.25) is 5.91 Å². The van der Waals surface area contributed by atoms with Crippen LogP contribution >= 0.6 is 0 Å². The Morgan fingerprint density at radius 3 is 1.16 bits per heavy atom. The van der Waals surface area contributed by atoms with Crippen molar-refractivity contribution in [1.82, 2.24) is 5.32 Å². The van der Waals surface area contributed by atoms with Crippen LogP contribution in [0.4, 0.5) is 0 Å². The SMILES string of the molecule is CC(=O)N[C@H]1[C@@H](O[C@H]2[C@H](O[C@H]3[C@H](O[C@@H]4O[C@H](CO)[C@@H](O)[C@H](O)[C@H]4O)[C@@H](O)[C@@H](O[C@H]4[C@@H]([C@H](O)CO[C@]5(C(=O)O)C[C@@H](O)[C@@H](O)[C@@H]([C@H](O)CO)O5)O[C@@](O)(C(=O)O)C[C@H]4O)O[C@@H]3CO[C@@H]3O[C@H](CO)[C@@H](O)[C@H](O)[C@H]3O[C@H]3O[C@H](CO)[C@@H](O[C@@H]4O[C@H](CO)[C@H](O[C@H]5O[C@H](CO)[C@H](O)[C@H](O)[C@H]5O)[C@H](O)[C@H]4O)[C@H](O)[C@H]3O)O[C@H](CO)[C@@H](O)[C@@H]2O)O[C@H](CO)[C@@H](O)[C@@H]1O. The number of amides is 1. The molecule has 50 atom stereocenters. The fraction of sp³-hybridized carbons (Fsp3) is 0.955. The van der Waals surface area contributed by atoms with Crippen LogP contribution in [-0.2, 0) is 104 Å². The first-order valence-electron chi connectivity index (χ1n) is 38.3. The third-order valence-corrected chi connectivity index (χ3v) is 22.5. The van der Waals surface area contributed by atoms with E-state index in [-0.39, 0.29) is 0 Å².